The van der Waals surface area contributed by atoms with Crippen molar-refractivity contribution in [3.05, 3.63) is 82.4 Å². The average molecular weight is 822 g/mol. The Balaban J connectivity index is 1.27. The van der Waals surface area contributed by atoms with Gasteiger partial charge in [-0.05, 0) is 84.0 Å². The first-order valence-electron chi connectivity index (χ1n) is 19.1. The molecule has 1 spiro atoms. The molecule has 0 radical (unpaired) electrons. The number of esters is 1. The van der Waals surface area contributed by atoms with Crippen LogP contribution in [0.25, 0.3) is 0 Å². The zero-order valence-corrected chi connectivity index (χ0v) is 34.0. The number of hydrogen-bond donors (Lipinski definition) is 4. The summed E-state index contributed by atoms with van der Waals surface area (Å²) in [6, 6.07) is 14.4. The van der Waals surface area contributed by atoms with Gasteiger partial charge in [-0.1, -0.05) is 0 Å². The molecule has 17 nitrogen and oxygen atoms in total. The molecule has 0 saturated carbocycles. The van der Waals surface area contributed by atoms with Gasteiger partial charge in [0.05, 0.1) is 64.8 Å². The van der Waals surface area contributed by atoms with E-state index < -0.39 is 46.8 Å². The Labute approximate surface area is 341 Å². The Morgan fingerprint density at radius 1 is 0.644 bits per heavy atom. The third-order valence-corrected chi connectivity index (χ3v) is 8.47. The van der Waals surface area contributed by atoms with Gasteiger partial charge >= 0.3 is 24.1 Å². The second kappa shape index (κ2) is 19.3. The monoisotopic (exact) mass is 821 g/mol. The number of benzene rings is 3. The molecule has 0 atom stereocenters. The van der Waals surface area contributed by atoms with Crippen LogP contribution in [0.1, 0.15) is 85.4 Å². The average Bonchev–Trinajstić information content (AvgIpc) is 3.42. The maximum Gasteiger partial charge on any atom is 0.412 e. The first-order chi connectivity index (χ1) is 27.9. The predicted molar refractivity (Wildman–Crippen MR) is 212 cm³/mol. The molecule has 0 aromatic heterocycles. The predicted octanol–water partition coefficient (Wildman–Crippen LogP) is 6.22. The van der Waals surface area contributed by atoms with Crippen LogP contribution in [0.4, 0.5) is 21.0 Å². The van der Waals surface area contributed by atoms with E-state index >= 15 is 0 Å². The molecule has 2 heterocycles. The highest BCUT2D eigenvalue weighted by molar-refractivity contribution is 6.01. The van der Waals surface area contributed by atoms with E-state index in [4.69, 9.17) is 43.0 Å². The summed E-state index contributed by atoms with van der Waals surface area (Å²) in [4.78, 5) is 62.8. The molecule has 3 aromatic carbocycles. The van der Waals surface area contributed by atoms with Crippen LogP contribution in [0.2, 0.25) is 0 Å². The van der Waals surface area contributed by atoms with Crippen molar-refractivity contribution >= 4 is 41.4 Å². The second-order valence-corrected chi connectivity index (χ2v) is 15.5. The number of anilines is 2. The van der Waals surface area contributed by atoms with E-state index in [1.54, 1.807) is 84.0 Å². The molecule has 5 rings (SSSR count). The molecule has 4 N–H and O–H groups in total. The molecular formula is C42H51N3O14. The van der Waals surface area contributed by atoms with E-state index in [2.05, 4.69) is 16.0 Å². The van der Waals surface area contributed by atoms with Crippen molar-refractivity contribution in [3.8, 4) is 11.5 Å². The number of nitrogens with one attached hydrogen (secondary N) is 3. The van der Waals surface area contributed by atoms with Crippen molar-refractivity contribution in [2.24, 2.45) is 0 Å². The number of ether oxygens (including phenoxy) is 8. The maximum atomic E-state index is 13.6. The summed E-state index contributed by atoms with van der Waals surface area (Å²) in [5.41, 5.74) is -0.625. The molecule has 0 aliphatic carbocycles. The Bertz CT molecular complexity index is 1940. The lowest BCUT2D eigenvalue weighted by Crippen LogP contribution is -2.34. The third-order valence-electron chi connectivity index (χ3n) is 8.47. The number of amides is 3. The lowest BCUT2D eigenvalue weighted by atomic mass is 9.77. The fourth-order valence-electron chi connectivity index (χ4n) is 6.12. The lowest BCUT2D eigenvalue weighted by Gasteiger charge is -2.37. The summed E-state index contributed by atoms with van der Waals surface area (Å²) >= 11 is 0. The van der Waals surface area contributed by atoms with Crippen LogP contribution in [0.15, 0.2) is 54.6 Å². The summed E-state index contributed by atoms with van der Waals surface area (Å²) in [6.45, 7) is 12.9. The summed E-state index contributed by atoms with van der Waals surface area (Å²) in [7, 11) is 0. The van der Waals surface area contributed by atoms with Crippen molar-refractivity contribution < 1.29 is 67.0 Å². The Morgan fingerprint density at radius 2 is 1.14 bits per heavy atom. The number of carboxylic acid groups (broad SMARTS) is 1. The summed E-state index contributed by atoms with van der Waals surface area (Å²) in [5, 5.41) is 16.8. The summed E-state index contributed by atoms with van der Waals surface area (Å²) in [6.07, 6.45) is -1.42. The molecule has 17 heteroatoms. The first kappa shape index (κ1) is 44.4. The molecular weight excluding hydrogens is 770 g/mol. The van der Waals surface area contributed by atoms with Crippen molar-refractivity contribution in [1.82, 2.24) is 5.32 Å². The largest absolute Gasteiger partial charge is 0.481 e. The maximum absolute atomic E-state index is 13.6. The van der Waals surface area contributed by atoms with Gasteiger partial charge in [0.15, 0.2) is 5.60 Å². The highest BCUT2D eigenvalue weighted by Gasteiger charge is 2.54. The van der Waals surface area contributed by atoms with Crippen molar-refractivity contribution in [2.45, 2.75) is 64.8 Å². The standard InChI is InChI=1S/C42H51N3O14/c1-40(2,3)58-38(50)44-27-8-11-30-33(24-27)56-34-25-28(45-39(51)59-41(4,5)6)9-12-31(34)42(30)32-23-26(7-10-29(32)37(49)57-42)36(48)43-14-16-53-18-20-55-22-21-54-19-17-52-15-13-35(46)47/h7-12,23-25H,13-22H2,1-6H3,(H,43,48)(H,44,50)(H,45,51)(H,46,47). The number of aliphatic carboxylic acids is 1. The highest BCUT2D eigenvalue weighted by Crippen LogP contribution is 2.57. The Hall–Kier alpha value is -5.75. The van der Waals surface area contributed by atoms with E-state index in [-0.39, 0.29) is 48.8 Å². The van der Waals surface area contributed by atoms with Crippen LogP contribution >= 0.6 is 0 Å². The van der Waals surface area contributed by atoms with Crippen LogP contribution in [0.3, 0.4) is 0 Å². The number of hydrogen-bond acceptors (Lipinski definition) is 13. The van der Waals surface area contributed by atoms with Gasteiger partial charge in [-0.3, -0.25) is 20.2 Å². The molecule has 0 bridgehead atoms. The SMILES string of the molecule is CC(C)(C)OC(=O)Nc1ccc2c(c1)Oc1cc(NC(=O)OC(C)(C)C)ccc1C21OC(=O)c2ccc(C(=O)NCCOCCOCCOCCOCCC(=O)O)cc21. The molecule has 0 unspecified atom stereocenters. The van der Waals surface area contributed by atoms with Crippen LogP contribution in [0.5, 0.6) is 11.5 Å². The van der Waals surface area contributed by atoms with E-state index in [1.807, 2.05) is 0 Å². The third kappa shape index (κ3) is 12.1. The minimum atomic E-state index is -1.58. The minimum absolute atomic E-state index is 0.0537. The van der Waals surface area contributed by atoms with Gasteiger partial charge in [0.1, 0.15) is 22.7 Å². The fourth-order valence-corrected chi connectivity index (χ4v) is 6.12. The normalized spacial score (nSPS) is 13.6. The number of carboxylic acids is 1. The molecule has 318 valence electrons. The van der Waals surface area contributed by atoms with Crippen LogP contribution < -0.4 is 20.7 Å². The molecule has 3 amide bonds. The highest BCUT2D eigenvalue weighted by atomic mass is 16.6. The van der Waals surface area contributed by atoms with Crippen molar-refractivity contribution in [2.75, 3.05) is 70.0 Å². The van der Waals surface area contributed by atoms with Gasteiger partial charge in [-0.15, -0.1) is 0 Å². The molecule has 2 aliphatic rings. The van der Waals surface area contributed by atoms with Gasteiger partial charge in [0.25, 0.3) is 5.91 Å². The molecule has 59 heavy (non-hydrogen) atoms. The Morgan fingerprint density at radius 3 is 1.63 bits per heavy atom. The molecule has 2 aliphatic heterocycles. The van der Waals surface area contributed by atoms with Crippen LogP contribution in [-0.2, 0) is 43.6 Å². The minimum Gasteiger partial charge on any atom is -0.481 e. The second-order valence-electron chi connectivity index (χ2n) is 15.5. The summed E-state index contributed by atoms with van der Waals surface area (Å²) < 4.78 is 45.1. The van der Waals surface area contributed by atoms with Gasteiger partial charge in [-0.2, -0.15) is 0 Å². The molecule has 0 fully saturated rings. The van der Waals surface area contributed by atoms with E-state index in [1.165, 1.54) is 12.1 Å². The summed E-state index contributed by atoms with van der Waals surface area (Å²) in [5.74, 6) is -1.47. The lowest BCUT2D eigenvalue weighted by molar-refractivity contribution is -0.138. The van der Waals surface area contributed by atoms with Gasteiger partial charge in [0.2, 0.25) is 0 Å². The van der Waals surface area contributed by atoms with E-state index in [9.17, 15) is 24.0 Å². The van der Waals surface area contributed by atoms with E-state index in [0.29, 0.717) is 67.7 Å². The van der Waals surface area contributed by atoms with Crippen LogP contribution in [0, 0.1) is 0 Å². The number of carbonyl (C=O) groups excluding carboxylic acids is 4. The van der Waals surface area contributed by atoms with Crippen LogP contribution in [-0.4, -0.2) is 106 Å². The zero-order chi connectivity index (χ0) is 42.8. The van der Waals surface area contributed by atoms with Gasteiger partial charge in [0, 0.05) is 52.3 Å². The number of fused-ring (bicyclic) bond motifs is 6. The quantitative estimate of drug-likeness (QED) is 0.0637. The van der Waals surface area contributed by atoms with Crippen molar-refractivity contribution in [3.63, 3.8) is 0 Å². The van der Waals surface area contributed by atoms with Gasteiger partial charge < -0.3 is 48.3 Å². The topological polar surface area (TPSA) is 216 Å². The van der Waals surface area contributed by atoms with Gasteiger partial charge in [-0.25, -0.2) is 14.4 Å². The van der Waals surface area contributed by atoms with Crippen molar-refractivity contribution in [1.29, 1.82) is 0 Å². The zero-order valence-electron chi connectivity index (χ0n) is 34.0. The first-order valence-corrected chi connectivity index (χ1v) is 19.1. The molecule has 0 saturated heterocycles. The molecule has 3 aromatic rings. The fraction of sp³-hybridized carbons (Fsp3) is 0.452. The Kier molecular flexibility index (Phi) is 14.5. The van der Waals surface area contributed by atoms with E-state index in [0.717, 1.165) is 0 Å². The number of rotatable bonds is 18. The smallest absolute Gasteiger partial charge is 0.412 e. The number of carbonyl (C=O) groups is 5.